The number of halogens is 1. The molecule has 0 bridgehead atoms. The molecule has 28 heavy (non-hydrogen) atoms. The Bertz CT molecular complexity index is 998. The number of carbonyl (C=O) groups excluding carboxylic acids is 1. The quantitative estimate of drug-likeness (QED) is 0.362. The minimum atomic E-state index is -0.193. The van der Waals surface area contributed by atoms with Crippen molar-refractivity contribution in [3.63, 3.8) is 0 Å². The van der Waals surface area contributed by atoms with E-state index in [2.05, 4.69) is 32.9 Å². The van der Waals surface area contributed by atoms with Gasteiger partial charge in [-0.05, 0) is 102 Å². The minimum absolute atomic E-state index is 0.0510. The molecule has 0 heterocycles. The molecule has 0 atom stereocenters. The van der Waals surface area contributed by atoms with Crippen molar-refractivity contribution in [3.05, 3.63) is 87.0 Å². The van der Waals surface area contributed by atoms with Gasteiger partial charge in [-0.3, -0.25) is 9.79 Å². The summed E-state index contributed by atoms with van der Waals surface area (Å²) in [5, 5.41) is 2.86. The molecule has 0 saturated carbocycles. The van der Waals surface area contributed by atoms with Crippen LogP contribution in [0.1, 0.15) is 16.7 Å². The molecule has 1 N–H and O–H groups in total. The highest BCUT2D eigenvalue weighted by molar-refractivity contribution is 14.1. The number of aryl methyl sites for hydroxylation is 2. The highest BCUT2D eigenvalue weighted by Crippen LogP contribution is 2.17. The van der Waals surface area contributed by atoms with E-state index in [4.69, 9.17) is 4.74 Å². The van der Waals surface area contributed by atoms with Crippen LogP contribution in [0.5, 0.6) is 5.75 Å². The Hall–Kier alpha value is -2.67. The maximum atomic E-state index is 12.1. The third kappa shape index (κ3) is 5.92. The lowest BCUT2D eigenvalue weighted by atomic mass is 10.1. The Morgan fingerprint density at radius 1 is 1.04 bits per heavy atom. The van der Waals surface area contributed by atoms with Gasteiger partial charge in [0.2, 0.25) is 0 Å². The van der Waals surface area contributed by atoms with Crippen molar-refractivity contribution in [2.75, 3.05) is 11.9 Å². The van der Waals surface area contributed by atoms with Crippen LogP contribution in [0.3, 0.4) is 0 Å². The van der Waals surface area contributed by atoms with E-state index < -0.39 is 0 Å². The SMILES string of the molecule is Cc1ccc(NC(=O)COc2cccc(C=Nc3ccc(I)cc3)c2)cc1C. The van der Waals surface area contributed by atoms with Gasteiger partial charge in [-0.25, -0.2) is 0 Å². The van der Waals surface area contributed by atoms with Crippen molar-refractivity contribution in [1.82, 2.24) is 0 Å². The lowest BCUT2D eigenvalue weighted by Crippen LogP contribution is -2.20. The van der Waals surface area contributed by atoms with Gasteiger partial charge in [0.25, 0.3) is 5.91 Å². The van der Waals surface area contributed by atoms with E-state index in [0.717, 1.165) is 22.5 Å². The molecule has 4 nitrogen and oxygen atoms in total. The monoisotopic (exact) mass is 484 g/mol. The van der Waals surface area contributed by atoms with Crippen LogP contribution in [-0.2, 0) is 4.79 Å². The molecule has 0 saturated heterocycles. The molecular weight excluding hydrogens is 463 g/mol. The number of nitrogens with one attached hydrogen (secondary N) is 1. The number of amides is 1. The Labute approximate surface area is 178 Å². The van der Waals surface area contributed by atoms with Crippen molar-refractivity contribution >= 4 is 46.1 Å². The zero-order chi connectivity index (χ0) is 19.9. The highest BCUT2D eigenvalue weighted by Gasteiger charge is 2.05. The first kappa shape index (κ1) is 20.1. The van der Waals surface area contributed by atoms with Gasteiger partial charge in [0.15, 0.2) is 6.61 Å². The molecule has 0 aliphatic rings. The van der Waals surface area contributed by atoms with Crippen molar-refractivity contribution in [2.45, 2.75) is 13.8 Å². The fraction of sp³-hybridized carbons (Fsp3) is 0.130. The van der Waals surface area contributed by atoms with E-state index in [0.29, 0.717) is 5.75 Å². The zero-order valence-electron chi connectivity index (χ0n) is 15.8. The Morgan fingerprint density at radius 3 is 2.57 bits per heavy atom. The maximum Gasteiger partial charge on any atom is 0.262 e. The number of aliphatic imine (C=N–C) groups is 1. The Morgan fingerprint density at radius 2 is 1.82 bits per heavy atom. The average molecular weight is 484 g/mol. The van der Waals surface area contributed by atoms with Gasteiger partial charge in [0.05, 0.1) is 5.69 Å². The first-order valence-electron chi connectivity index (χ1n) is 8.89. The summed E-state index contributed by atoms with van der Waals surface area (Å²) in [6.07, 6.45) is 1.78. The fourth-order valence-electron chi connectivity index (χ4n) is 2.53. The molecule has 0 unspecified atom stereocenters. The zero-order valence-corrected chi connectivity index (χ0v) is 17.9. The molecule has 5 heteroatoms. The summed E-state index contributed by atoms with van der Waals surface area (Å²) in [6.45, 7) is 4.01. The summed E-state index contributed by atoms with van der Waals surface area (Å²) in [5.41, 5.74) is 4.90. The topological polar surface area (TPSA) is 50.7 Å². The second-order valence-electron chi connectivity index (χ2n) is 6.44. The number of benzene rings is 3. The summed E-state index contributed by atoms with van der Waals surface area (Å²) < 4.78 is 6.80. The molecule has 1 amide bonds. The van der Waals surface area contributed by atoms with Crippen LogP contribution in [0.2, 0.25) is 0 Å². The van der Waals surface area contributed by atoms with E-state index in [9.17, 15) is 4.79 Å². The van der Waals surface area contributed by atoms with Crippen LogP contribution in [0, 0.1) is 17.4 Å². The number of carbonyl (C=O) groups is 1. The highest BCUT2D eigenvalue weighted by atomic mass is 127. The molecule has 3 rings (SSSR count). The summed E-state index contributed by atoms with van der Waals surface area (Å²) in [4.78, 5) is 16.6. The van der Waals surface area contributed by atoms with Crippen LogP contribution in [-0.4, -0.2) is 18.7 Å². The van der Waals surface area contributed by atoms with Crippen LogP contribution in [0.15, 0.2) is 71.7 Å². The predicted octanol–water partition coefficient (Wildman–Crippen LogP) is 5.68. The number of anilines is 1. The third-order valence-corrected chi connectivity index (χ3v) is 4.93. The fourth-order valence-corrected chi connectivity index (χ4v) is 2.89. The minimum Gasteiger partial charge on any atom is -0.484 e. The predicted molar refractivity (Wildman–Crippen MR) is 123 cm³/mol. The van der Waals surface area contributed by atoms with Crippen molar-refractivity contribution in [3.8, 4) is 5.75 Å². The third-order valence-electron chi connectivity index (χ3n) is 4.21. The second-order valence-corrected chi connectivity index (χ2v) is 7.69. The number of hydrogen-bond acceptors (Lipinski definition) is 3. The van der Waals surface area contributed by atoms with E-state index in [1.165, 1.54) is 9.13 Å². The van der Waals surface area contributed by atoms with Crippen molar-refractivity contribution in [2.24, 2.45) is 4.99 Å². The van der Waals surface area contributed by atoms with Gasteiger partial charge < -0.3 is 10.1 Å². The number of ether oxygens (including phenoxy) is 1. The molecule has 0 aliphatic carbocycles. The van der Waals surface area contributed by atoms with Gasteiger partial charge in [-0.1, -0.05) is 18.2 Å². The molecule has 0 aromatic heterocycles. The molecule has 142 valence electrons. The number of rotatable bonds is 6. The molecule has 0 spiro atoms. The van der Waals surface area contributed by atoms with Gasteiger partial charge >= 0.3 is 0 Å². The smallest absolute Gasteiger partial charge is 0.262 e. The lowest BCUT2D eigenvalue weighted by Gasteiger charge is -2.09. The van der Waals surface area contributed by atoms with Gasteiger partial charge in [-0.15, -0.1) is 0 Å². The van der Waals surface area contributed by atoms with E-state index >= 15 is 0 Å². The van der Waals surface area contributed by atoms with E-state index in [1.807, 2.05) is 80.6 Å². The summed E-state index contributed by atoms with van der Waals surface area (Å²) in [5.74, 6) is 0.433. The summed E-state index contributed by atoms with van der Waals surface area (Å²) >= 11 is 2.26. The van der Waals surface area contributed by atoms with Crippen LogP contribution in [0.4, 0.5) is 11.4 Å². The lowest BCUT2D eigenvalue weighted by molar-refractivity contribution is -0.118. The summed E-state index contributed by atoms with van der Waals surface area (Å²) in [6, 6.07) is 21.3. The van der Waals surface area contributed by atoms with Crippen molar-refractivity contribution in [1.29, 1.82) is 0 Å². The Kier molecular flexibility index (Phi) is 6.81. The molecule has 0 radical (unpaired) electrons. The summed E-state index contributed by atoms with van der Waals surface area (Å²) in [7, 11) is 0. The Balaban J connectivity index is 1.57. The molecule has 0 fully saturated rings. The van der Waals surface area contributed by atoms with Gasteiger partial charge in [0.1, 0.15) is 5.75 Å². The second kappa shape index (κ2) is 9.50. The number of hydrogen-bond donors (Lipinski definition) is 1. The first-order chi connectivity index (χ1) is 13.5. The van der Waals surface area contributed by atoms with Crippen LogP contribution >= 0.6 is 22.6 Å². The van der Waals surface area contributed by atoms with Crippen molar-refractivity contribution < 1.29 is 9.53 Å². The van der Waals surface area contributed by atoms with E-state index in [-0.39, 0.29) is 12.5 Å². The molecule has 3 aromatic carbocycles. The first-order valence-corrected chi connectivity index (χ1v) is 9.97. The molecule has 0 aliphatic heterocycles. The average Bonchev–Trinajstić information content (AvgIpc) is 2.69. The van der Waals surface area contributed by atoms with Gasteiger partial charge in [0, 0.05) is 15.5 Å². The van der Waals surface area contributed by atoms with Gasteiger partial charge in [-0.2, -0.15) is 0 Å². The van der Waals surface area contributed by atoms with E-state index in [1.54, 1.807) is 6.21 Å². The van der Waals surface area contributed by atoms with Crippen LogP contribution in [0.25, 0.3) is 0 Å². The normalized spacial score (nSPS) is 10.8. The number of nitrogens with zero attached hydrogens (tertiary/aromatic N) is 1. The molecular formula is C23H21IN2O2. The van der Waals surface area contributed by atoms with Crippen LogP contribution < -0.4 is 10.1 Å². The largest absolute Gasteiger partial charge is 0.484 e. The molecule has 3 aromatic rings. The standard InChI is InChI=1S/C23H21IN2O2/c1-16-6-9-21(12-17(16)2)26-23(27)15-28-22-5-3-4-18(13-22)14-25-20-10-7-19(24)8-11-20/h3-14H,15H2,1-2H3,(H,26,27). The maximum absolute atomic E-state index is 12.1.